The average Bonchev–Trinajstić information content (AvgIpc) is 3.15. The fourth-order valence-electron chi connectivity index (χ4n) is 3.89. The van der Waals surface area contributed by atoms with Crippen molar-refractivity contribution in [3.05, 3.63) is 56.7 Å². The number of hydrogen-bond acceptors (Lipinski definition) is 5. The quantitative estimate of drug-likeness (QED) is 0.594. The van der Waals surface area contributed by atoms with E-state index in [1.807, 2.05) is 37.3 Å². The van der Waals surface area contributed by atoms with Crippen molar-refractivity contribution in [2.24, 2.45) is 20.0 Å². The first-order chi connectivity index (χ1) is 14.4. The molecule has 1 unspecified atom stereocenters. The number of unbranched alkanes of at least 4 members (excludes halogenated alkanes) is 1. The zero-order chi connectivity index (χ0) is 21.6. The van der Waals surface area contributed by atoms with Gasteiger partial charge in [-0.1, -0.05) is 50.1 Å². The highest BCUT2D eigenvalue weighted by atomic mass is 16.2. The third kappa shape index (κ3) is 2.89. The van der Waals surface area contributed by atoms with E-state index in [0.717, 1.165) is 16.6 Å². The Labute approximate surface area is 172 Å². The van der Waals surface area contributed by atoms with Crippen molar-refractivity contribution in [3.63, 3.8) is 0 Å². The molecule has 156 valence electrons. The van der Waals surface area contributed by atoms with Crippen molar-refractivity contribution in [1.82, 2.24) is 18.7 Å². The Bertz CT molecular complexity index is 1270. The minimum Gasteiger partial charge on any atom is -0.279 e. The number of carbonyl (C=O) groups excluding carboxylic acids is 2. The van der Waals surface area contributed by atoms with Crippen LogP contribution in [0.5, 0.6) is 0 Å². The Kier molecular flexibility index (Phi) is 4.89. The smallest absolute Gasteiger partial charge is 0.279 e. The molecule has 0 bridgehead atoms. The molecule has 1 amide bonds. The maximum atomic E-state index is 13.3. The van der Waals surface area contributed by atoms with E-state index in [9.17, 15) is 19.2 Å². The number of benzene rings is 1. The Balaban J connectivity index is 1.98. The van der Waals surface area contributed by atoms with E-state index in [0.29, 0.717) is 12.8 Å². The van der Waals surface area contributed by atoms with Crippen LogP contribution in [0.2, 0.25) is 0 Å². The van der Waals surface area contributed by atoms with Gasteiger partial charge in [0.2, 0.25) is 17.8 Å². The van der Waals surface area contributed by atoms with Crippen molar-refractivity contribution >= 4 is 28.9 Å². The van der Waals surface area contributed by atoms with E-state index >= 15 is 0 Å². The number of amides is 1. The fourth-order valence-corrected chi connectivity index (χ4v) is 3.89. The summed E-state index contributed by atoms with van der Waals surface area (Å²) >= 11 is 0. The minimum atomic E-state index is -0.888. The molecular formula is C21H23N5O4. The number of carbonyl (C=O) groups is 2. The maximum absolute atomic E-state index is 13.3. The summed E-state index contributed by atoms with van der Waals surface area (Å²) in [6.07, 6.45) is 1.94. The third-order valence-electron chi connectivity index (χ3n) is 5.59. The molecule has 9 nitrogen and oxygen atoms in total. The molecule has 30 heavy (non-hydrogen) atoms. The normalized spacial score (nSPS) is 16.4. The lowest BCUT2D eigenvalue weighted by Crippen LogP contribution is -2.48. The van der Waals surface area contributed by atoms with Crippen LogP contribution in [0, 0.1) is 5.92 Å². The first-order valence-electron chi connectivity index (χ1n) is 9.94. The molecule has 0 aliphatic carbocycles. The highest BCUT2D eigenvalue weighted by molar-refractivity contribution is 6.14. The van der Waals surface area contributed by atoms with Crippen molar-refractivity contribution in [2.75, 3.05) is 4.90 Å². The van der Waals surface area contributed by atoms with Crippen molar-refractivity contribution in [1.29, 1.82) is 0 Å². The third-order valence-corrected chi connectivity index (χ3v) is 5.59. The van der Waals surface area contributed by atoms with Crippen LogP contribution in [-0.2, 0) is 25.4 Å². The molecule has 0 radical (unpaired) electrons. The number of aromatic nitrogens is 4. The Morgan fingerprint density at radius 1 is 0.967 bits per heavy atom. The Morgan fingerprint density at radius 3 is 2.33 bits per heavy atom. The number of rotatable bonds is 5. The van der Waals surface area contributed by atoms with Crippen LogP contribution >= 0.6 is 0 Å². The SMILES string of the molecule is CCCCC1C(=O)N(Cc2ccccc2)c2nc3c(c(=O)n(C)c(=O)n3C)n2C1=O. The van der Waals surface area contributed by atoms with Gasteiger partial charge in [0.25, 0.3) is 5.56 Å². The van der Waals surface area contributed by atoms with Gasteiger partial charge in [0.15, 0.2) is 11.2 Å². The van der Waals surface area contributed by atoms with E-state index in [-0.39, 0.29) is 29.6 Å². The van der Waals surface area contributed by atoms with Crippen LogP contribution in [0.3, 0.4) is 0 Å². The highest BCUT2D eigenvalue weighted by Crippen LogP contribution is 2.31. The van der Waals surface area contributed by atoms with Crippen molar-refractivity contribution < 1.29 is 9.59 Å². The van der Waals surface area contributed by atoms with Gasteiger partial charge in [-0.2, -0.15) is 4.98 Å². The van der Waals surface area contributed by atoms with E-state index in [4.69, 9.17) is 0 Å². The molecule has 0 N–H and O–H groups in total. The molecule has 1 atom stereocenters. The van der Waals surface area contributed by atoms with Crippen LogP contribution in [0.1, 0.15) is 36.5 Å². The summed E-state index contributed by atoms with van der Waals surface area (Å²) in [7, 11) is 2.85. The van der Waals surface area contributed by atoms with E-state index in [2.05, 4.69) is 4.98 Å². The number of anilines is 1. The monoisotopic (exact) mass is 409 g/mol. The van der Waals surface area contributed by atoms with Gasteiger partial charge in [-0.25, -0.2) is 9.36 Å². The summed E-state index contributed by atoms with van der Waals surface area (Å²) in [5.74, 6) is -1.61. The van der Waals surface area contributed by atoms with Gasteiger partial charge in [-0.05, 0) is 12.0 Å². The van der Waals surface area contributed by atoms with Crippen LogP contribution in [0.25, 0.3) is 11.2 Å². The summed E-state index contributed by atoms with van der Waals surface area (Å²) in [4.78, 5) is 57.7. The largest absolute Gasteiger partial charge is 0.332 e. The zero-order valence-corrected chi connectivity index (χ0v) is 17.2. The van der Waals surface area contributed by atoms with Crippen molar-refractivity contribution in [3.8, 4) is 0 Å². The molecule has 0 saturated heterocycles. The molecule has 1 aliphatic heterocycles. The number of fused-ring (bicyclic) bond motifs is 3. The molecule has 2 aromatic heterocycles. The second-order valence-corrected chi connectivity index (χ2v) is 7.57. The summed E-state index contributed by atoms with van der Waals surface area (Å²) in [5, 5.41) is 0. The van der Waals surface area contributed by atoms with Crippen LogP contribution < -0.4 is 16.1 Å². The van der Waals surface area contributed by atoms with Crippen molar-refractivity contribution in [2.45, 2.75) is 32.7 Å². The molecule has 1 aromatic carbocycles. The standard InChI is InChI=1S/C21H23N5O4/c1-4-5-11-14-17(27)25(12-13-9-7-6-8-10-13)20-22-16-15(26(20)18(14)28)19(29)24(3)21(30)23(16)2/h6-10,14H,4-5,11-12H2,1-3H3. The predicted octanol–water partition coefficient (Wildman–Crippen LogP) is 1.43. The highest BCUT2D eigenvalue weighted by Gasteiger charge is 2.42. The number of aryl methyl sites for hydroxylation is 1. The molecule has 3 heterocycles. The predicted molar refractivity (Wildman–Crippen MR) is 111 cm³/mol. The van der Waals surface area contributed by atoms with Gasteiger partial charge < -0.3 is 0 Å². The van der Waals surface area contributed by atoms with E-state index in [1.54, 1.807) is 0 Å². The molecular weight excluding hydrogens is 386 g/mol. The number of hydrogen-bond donors (Lipinski definition) is 0. The Morgan fingerprint density at radius 2 is 1.67 bits per heavy atom. The lowest BCUT2D eigenvalue weighted by molar-refractivity contribution is -0.122. The first kappa shape index (κ1) is 19.8. The molecule has 4 rings (SSSR count). The second kappa shape index (κ2) is 7.40. The summed E-state index contributed by atoms with van der Waals surface area (Å²) < 4.78 is 3.40. The molecule has 9 heteroatoms. The van der Waals surface area contributed by atoms with Gasteiger partial charge >= 0.3 is 5.69 Å². The molecule has 3 aromatic rings. The summed E-state index contributed by atoms with van der Waals surface area (Å²) in [6, 6.07) is 9.38. The van der Waals surface area contributed by atoms with Crippen LogP contribution in [-0.4, -0.2) is 30.5 Å². The minimum absolute atomic E-state index is 0.0201. The molecule has 0 spiro atoms. The van der Waals surface area contributed by atoms with E-state index < -0.39 is 23.1 Å². The first-order valence-corrected chi connectivity index (χ1v) is 9.94. The molecule has 0 fully saturated rings. The van der Waals surface area contributed by atoms with E-state index in [1.165, 1.54) is 28.1 Å². The van der Waals surface area contributed by atoms with Gasteiger partial charge in [-0.3, -0.25) is 28.4 Å². The number of imidazole rings is 1. The van der Waals surface area contributed by atoms with Gasteiger partial charge in [0.1, 0.15) is 5.92 Å². The average molecular weight is 409 g/mol. The summed E-state index contributed by atoms with van der Waals surface area (Å²) in [5.41, 5.74) is -0.169. The topological polar surface area (TPSA) is 99.2 Å². The summed E-state index contributed by atoms with van der Waals surface area (Å²) in [6.45, 7) is 2.20. The van der Waals surface area contributed by atoms with Gasteiger partial charge in [0, 0.05) is 14.1 Å². The lowest BCUT2D eigenvalue weighted by Gasteiger charge is -2.31. The molecule has 1 aliphatic rings. The second-order valence-electron chi connectivity index (χ2n) is 7.57. The van der Waals surface area contributed by atoms with Crippen LogP contribution in [0.4, 0.5) is 5.95 Å². The van der Waals surface area contributed by atoms with Crippen LogP contribution in [0.15, 0.2) is 39.9 Å². The Hall–Kier alpha value is -3.49. The van der Waals surface area contributed by atoms with Gasteiger partial charge in [0.05, 0.1) is 6.54 Å². The lowest BCUT2D eigenvalue weighted by atomic mass is 9.97. The molecule has 0 saturated carbocycles. The fraction of sp³-hybridized carbons (Fsp3) is 0.381. The maximum Gasteiger partial charge on any atom is 0.332 e. The zero-order valence-electron chi connectivity index (χ0n) is 17.2. The number of nitrogens with zero attached hydrogens (tertiary/aromatic N) is 5. The van der Waals surface area contributed by atoms with Gasteiger partial charge in [-0.15, -0.1) is 0 Å².